The number of para-hydroxylation sites is 1. The van der Waals surface area contributed by atoms with E-state index in [9.17, 15) is 4.79 Å². The highest BCUT2D eigenvalue weighted by atomic mass is 35.5. The number of fused-ring (bicyclic) bond motifs is 3. The van der Waals surface area contributed by atoms with Crippen molar-refractivity contribution in [3.63, 3.8) is 0 Å². The molecule has 24 heavy (non-hydrogen) atoms. The number of rotatable bonds is 3. The first kappa shape index (κ1) is 15.2. The van der Waals surface area contributed by atoms with Crippen LogP contribution in [0.25, 0.3) is 16.7 Å². The van der Waals surface area contributed by atoms with Gasteiger partial charge in [0, 0.05) is 17.8 Å². The number of hydrogen-bond donors (Lipinski definition) is 0. The number of nitrogens with zero attached hydrogens (tertiary/aromatic N) is 4. The Hall–Kier alpha value is -2.31. The maximum absolute atomic E-state index is 12.4. The summed E-state index contributed by atoms with van der Waals surface area (Å²) in [6, 6.07) is 15.2. The Labute approximate surface area is 146 Å². The van der Waals surface area contributed by atoms with Crippen molar-refractivity contribution in [2.24, 2.45) is 7.05 Å². The zero-order valence-corrected chi connectivity index (χ0v) is 14.4. The molecule has 2 heterocycles. The molecule has 7 heteroatoms. The molecule has 0 aliphatic rings. The number of halogens is 1. The summed E-state index contributed by atoms with van der Waals surface area (Å²) in [7, 11) is 1.71. The minimum absolute atomic E-state index is 0.0758. The minimum atomic E-state index is -0.0758. The number of aromatic nitrogens is 4. The molecular formula is C17H13ClN4OS. The van der Waals surface area contributed by atoms with Crippen LogP contribution in [0.2, 0.25) is 5.02 Å². The molecule has 0 N–H and O–H groups in total. The average Bonchev–Trinajstić information content (AvgIpc) is 3.03. The van der Waals surface area contributed by atoms with Gasteiger partial charge in [-0.05, 0) is 23.8 Å². The molecule has 0 unspecified atom stereocenters. The number of thioether (sulfide) groups is 1. The van der Waals surface area contributed by atoms with Crippen molar-refractivity contribution in [2.75, 3.05) is 0 Å². The van der Waals surface area contributed by atoms with Crippen LogP contribution in [-0.4, -0.2) is 19.2 Å². The Morgan fingerprint density at radius 2 is 1.83 bits per heavy atom. The summed E-state index contributed by atoms with van der Waals surface area (Å²) in [5.74, 6) is 1.21. The second kappa shape index (κ2) is 5.96. The molecule has 2 aromatic heterocycles. The van der Waals surface area contributed by atoms with Crippen LogP contribution in [0.4, 0.5) is 0 Å². The van der Waals surface area contributed by atoms with E-state index >= 15 is 0 Å². The quantitative estimate of drug-likeness (QED) is 0.527. The van der Waals surface area contributed by atoms with Crippen LogP contribution in [0, 0.1) is 0 Å². The molecule has 0 fully saturated rings. The summed E-state index contributed by atoms with van der Waals surface area (Å²) in [4.78, 5) is 12.4. The lowest BCUT2D eigenvalue weighted by Gasteiger charge is -2.08. The molecular weight excluding hydrogens is 344 g/mol. The van der Waals surface area contributed by atoms with Gasteiger partial charge in [0.2, 0.25) is 5.78 Å². The molecule has 2 aromatic carbocycles. The number of aryl methyl sites for hydroxylation is 1. The van der Waals surface area contributed by atoms with E-state index in [1.807, 2.05) is 52.9 Å². The first-order valence-electron chi connectivity index (χ1n) is 7.36. The van der Waals surface area contributed by atoms with Crippen molar-refractivity contribution in [3.8, 4) is 0 Å². The molecule has 0 saturated heterocycles. The lowest BCUT2D eigenvalue weighted by molar-refractivity contribution is 0.853. The highest BCUT2D eigenvalue weighted by molar-refractivity contribution is 7.98. The predicted octanol–water partition coefficient (Wildman–Crippen LogP) is 3.53. The van der Waals surface area contributed by atoms with Crippen molar-refractivity contribution in [1.82, 2.24) is 19.2 Å². The molecule has 4 aromatic rings. The van der Waals surface area contributed by atoms with E-state index in [4.69, 9.17) is 11.6 Å². The average molecular weight is 357 g/mol. The summed E-state index contributed by atoms with van der Waals surface area (Å²) in [6.45, 7) is 0. The predicted molar refractivity (Wildman–Crippen MR) is 96.7 cm³/mol. The molecule has 0 aliphatic heterocycles. The van der Waals surface area contributed by atoms with Crippen molar-refractivity contribution < 1.29 is 0 Å². The Kier molecular flexibility index (Phi) is 3.78. The zero-order chi connectivity index (χ0) is 16.7. The van der Waals surface area contributed by atoms with Crippen LogP contribution in [-0.2, 0) is 12.8 Å². The van der Waals surface area contributed by atoms with E-state index in [1.165, 1.54) is 4.57 Å². The summed E-state index contributed by atoms with van der Waals surface area (Å²) < 4.78 is 3.44. The second-order valence-electron chi connectivity index (χ2n) is 5.38. The van der Waals surface area contributed by atoms with E-state index in [-0.39, 0.29) is 5.56 Å². The molecule has 4 rings (SSSR count). The normalized spacial score (nSPS) is 11.4. The first-order chi connectivity index (χ1) is 11.7. The highest BCUT2D eigenvalue weighted by Gasteiger charge is 2.15. The van der Waals surface area contributed by atoms with Gasteiger partial charge in [0.25, 0.3) is 5.56 Å². The molecule has 0 atom stereocenters. The lowest BCUT2D eigenvalue weighted by Crippen LogP contribution is -2.20. The molecule has 0 bridgehead atoms. The summed E-state index contributed by atoms with van der Waals surface area (Å²) in [6.07, 6.45) is 0. The van der Waals surface area contributed by atoms with Crippen molar-refractivity contribution in [3.05, 3.63) is 69.5 Å². The van der Waals surface area contributed by atoms with Gasteiger partial charge in [0.15, 0.2) is 5.16 Å². The van der Waals surface area contributed by atoms with E-state index in [0.717, 1.165) is 21.3 Å². The molecule has 120 valence electrons. The smallest absolute Gasteiger partial charge is 0.262 e. The van der Waals surface area contributed by atoms with Crippen LogP contribution < -0.4 is 5.56 Å². The Morgan fingerprint density at radius 1 is 1.08 bits per heavy atom. The standard InChI is InChI=1S/C17H13ClN4OS/c1-21-15(23)12-7-3-5-9-14(12)22-16(21)19-20-17(22)24-10-11-6-2-4-8-13(11)18/h2-9H,10H2,1H3. The van der Waals surface area contributed by atoms with Crippen LogP contribution in [0.3, 0.4) is 0 Å². The van der Waals surface area contributed by atoms with Gasteiger partial charge in [-0.15, -0.1) is 10.2 Å². The Morgan fingerprint density at radius 3 is 2.67 bits per heavy atom. The van der Waals surface area contributed by atoms with E-state index in [1.54, 1.807) is 18.8 Å². The van der Waals surface area contributed by atoms with Crippen LogP contribution >= 0.6 is 23.4 Å². The fourth-order valence-corrected chi connectivity index (χ4v) is 3.89. The highest BCUT2D eigenvalue weighted by Crippen LogP contribution is 2.27. The fourth-order valence-electron chi connectivity index (χ4n) is 2.66. The maximum Gasteiger partial charge on any atom is 0.262 e. The monoisotopic (exact) mass is 356 g/mol. The van der Waals surface area contributed by atoms with Gasteiger partial charge in [0.1, 0.15) is 0 Å². The Bertz CT molecular complexity index is 1120. The van der Waals surface area contributed by atoms with Crippen molar-refractivity contribution in [1.29, 1.82) is 0 Å². The SMILES string of the molecule is Cn1c(=O)c2ccccc2n2c(SCc3ccccc3Cl)nnc12. The van der Waals surface area contributed by atoms with Crippen molar-refractivity contribution in [2.45, 2.75) is 10.9 Å². The second-order valence-corrected chi connectivity index (χ2v) is 6.73. The Balaban J connectivity index is 1.85. The number of benzene rings is 2. The zero-order valence-electron chi connectivity index (χ0n) is 12.8. The maximum atomic E-state index is 12.4. The van der Waals surface area contributed by atoms with Gasteiger partial charge in [-0.1, -0.05) is 53.7 Å². The minimum Gasteiger partial charge on any atom is -0.279 e. The van der Waals surface area contributed by atoms with E-state index in [0.29, 0.717) is 16.9 Å². The lowest BCUT2D eigenvalue weighted by atomic mass is 10.2. The van der Waals surface area contributed by atoms with Gasteiger partial charge >= 0.3 is 0 Å². The fraction of sp³-hybridized carbons (Fsp3) is 0.118. The van der Waals surface area contributed by atoms with Crippen molar-refractivity contribution >= 4 is 40.0 Å². The van der Waals surface area contributed by atoms with Gasteiger partial charge in [-0.25, -0.2) is 0 Å². The largest absolute Gasteiger partial charge is 0.279 e. The molecule has 5 nitrogen and oxygen atoms in total. The van der Waals surface area contributed by atoms with Crippen LogP contribution in [0.5, 0.6) is 0 Å². The third kappa shape index (κ3) is 2.39. The molecule has 0 spiro atoms. The third-order valence-electron chi connectivity index (χ3n) is 3.91. The van der Waals surface area contributed by atoms with Crippen LogP contribution in [0.1, 0.15) is 5.56 Å². The van der Waals surface area contributed by atoms with E-state index < -0.39 is 0 Å². The van der Waals surface area contributed by atoms with Gasteiger partial charge in [-0.2, -0.15) is 0 Å². The molecule has 0 saturated carbocycles. The van der Waals surface area contributed by atoms with Gasteiger partial charge in [-0.3, -0.25) is 13.8 Å². The topological polar surface area (TPSA) is 52.2 Å². The third-order valence-corrected chi connectivity index (χ3v) is 5.26. The summed E-state index contributed by atoms with van der Waals surface area (Å²) in [5, 5.41) is 10.6. The summed E-state index contributed by atoms with van der Waals surface area (Å²) in [5.41, 5.74) is 1.77. The van der Waals surface area contributed by atoms with E-state index in [2.05, 4.69) is 10.2 Å². The summed E-state index contributed by atoms with van der Waals surface area (Å²) >= 11 is 7.76. The van der Waals surface area contributed by atoms with Gasteiger partial charge in [0.05, 0.1) is 10.9 Å². The number of hydrogen-bond acceptors (Lipinski definition) is 4. The molecule has 0 amide bonds. The molecule has 0 radical (unpaired) electrons. The molecule has 0 aliphatic carbocycles. The van der Waals surface area contributed by atoms with Gasteiger partial charge < -0.3 is 0 Å². The van der Waals surface area contributed by atoms with Crippen LogP contribution in [0.15, 0.2) is 58.5 Å². The first-order valence-corrected chi connectivity index (χ1v) is 8.72.